The summed E-state index contributed by atoms with van der Waals surface area (Å²) >= 11 is 0. The molecule has 1 aliphatic heterocycles. The van der Waals surface area contributed by atoms with Crippen molar-refractivity contribution in [2.75, 3.05) is 18.4 Å². The summed E-state index contributed by atoms with van der Waals surface area (Å²) in [5.74, 6) is 1.46. The van der Waals surface area contributed by atoms with Crippen molar-refractivity contribution < 1.29 is 14.3 Å². The maximum atomic E-state index is 12.0. The number of nitrogens with zero attached hydrogens (tertiary/aromatic N) is 2. The number of hydrogen-bond donors (Lipinski definition) is 1. The number of nitrogens with one attached hydrogen (secondary N) is 1. The van der Waals surface area contributed by atoms with E-state index in [1.807, 2.05) is 11.0 Å². The van der Waals surface area contributed by atoms with Gasteiger partial charge in [-0.2, -0.15) is 0 Å². The Morgan fingerprint density at radius 3 is 2.33 bits per heavy atom. The average Bonchev–Trinajstić information content (AvgIpc) is 3.50. The summed E-state index contributed by atoms with van der Waals surface area (Å²) in [6.45, 7) is 1.55. The van der Waals surface area contributed by atoms with E-state index in [0.29, 0.717) is 23.4 Å². The number of ether oxygens (including phenoxy) is 1. The second kappa shape index (κ2) is 6.42. The quantitative estimate of drug-likeness (QED) is 0.899. The first-order valence-corrected chi connectivity index (χ1v) is 8.91. The topological polar surface area (TPSA) is 71.5 Å². The van der Waals surface area contributed by atoms with E-state index < -0.39 is 0 Å². The van der Waals surface area contributed by atoms with Crippen LogP contribution in [0.3, 0.4) is 0 Å². The molecule has 4 rings (SSSR count). The van der Waals surface area contributed by atoms with E-state index in [-0.39, 0.29) is 17.9 Å². The van der Waals surface area contributed by atoms with Crippen LogP contribution in [0.5, 0.6) is 5.88 Å². The summed E-state index contributed by atoms with van der Waals surface area (Å²) in [4.78, 5) is 30.0. The van der Waals surface area contributed by atoms with Crippen LogP contribution < -0.4 is 10.1 Å². The Bertz CT molecular complexity index is 615. The first kappa shape index (κ1) is 15.4. The van der Waals surface area contributed by atoms with Gasteiger partial charge in [-0.3, -0.25) is 9.59 Å². The summed E-state index contributed by atoms with van der Waals surface area (Å²) in [6.07, 6.45) is 7.53. The second-order valence-corrected chi connectivity index (χ2v) is 7.07. The zero-order valence-corrected chi connectivity index (χ0v) is 13.7. The van der Waals surface area contributed by atoms with E-state index in [1.54, 1.807) is 12.3 Å². The standard InChI is InChI=1S/C18H23N3O3/c22-17(12-1-2-12)20-14-5-6-16(19-11-14)24-15-7-9-21(10-8-15)18(23)13-3-4-13/h5-6,11-13,15H,1-4,7-10H2,(H,20,22). The van der Waals surface area contributed by atoms with Gasteiger partial charge < -0.3 is 15.0 Å². The minimum Gasteiger partial charge on any atom is -0.474 e. The molecule has 24 heavy (non-hydrogen) atoms. The van der Waals surface area contributed by atoms with Crippen molar-refractivity contribution in [2.24, 2.45) is 11.8 Å². The maximum Gasteiger partial charge on any atom is 0.227 e. The molecule has 6 heteroatoms. The van der Waals surface area contributed by atoms with Crippen LogP contribution in [0, 0.1) is 11.8 Å². The van der Waals surface area contributed by atoms with Crippen molar-refractivity contribution in [3.63, 3.8) is 0 Å². The minimum absolute atomic E-state index is 0.0816. The highest BCUT2D eigenvalue weighted by molar-refractivity contribution is 5.93. The fraction of sp³-hybridized carbons (Fsp3) is 0.611. The van der Waals surface area contributed by atoms with Gasteiger partial charge in [-0.25, -0.2) is 4.98 Å². The van der Waals surface area contributed by atoms with E-state index >= 15 is 0 Å². The lowest BCUT2D eigenvalue weighted by atomic mass is 10.1. The molecule has 2 aliphatic carbocycles. The van der Waals surface area contributed by atoms with Gasteiger partial charge in [0.25, 0.3) is 0 Å². The Kier molecular flexibility index (Phi) is 4.12. The molecule has 1 aromatic heterocycles. The molecule has 2 amide bonds. The normalized spacial score (nSPS) is 21.4. The van der Waals surface area contributed by atoms with E-state index in [2.05, 4.69) is 10.3 Å². The summed E-state index contributed by atoms with van der Waals surface area (Å²) in [5, 5.41) is 2.87. The minimum atomic E-state index is 0.0816. The maximum absolute atomic E-state index is 12.0. The molecule has 1 N–H and O–H groups in total. The number of piperidine rings is 1. The van der Waals surface area contributed by atoms with Gasteiger partial charge in [-0.05, 0) is 31.7 Å². The molecule has 1 saturated heterocycles. The van der Waals surface area contributed by atoms with Gasteiger partial charge in [0.2, 0.25) is 17.7 Å². The number of pyridine rings is 1. The first-order valence-electron chi connectivity index (χ1n) is 8.91. The fourth-order valence-electron chi connectivity index (χ4n) is 3.07. The van der Waals surface area contributed by atoms with Crippen molar-refractivity contribution in [3.05, 3.63) is 18.3 Å². The van der Waals surface area contributed by atoms with Crippen LogP contribution in [0.2, 0.25) is 0 Å². The highest BCUT2D eigenvalue weighted by Crippen LogP contribution is 2.32. The Hall–Kier alpha value is -2.11. The Morgan fingerprint density at radius 1 is 1.04 bits per heavy atom. The smallest absolute Gasteiger partial charge is 0.227 e. The van der Waals surface area contributed by atoms with E-state index in [4.69, 9.17) is 4.74 Å². The van der Waals surface area contributed by atoms with Gasteiger partial charge in [0.05, 0.1) is 11.9 Å². The molecule has 0 radical (unpaired) electrons. The number of likely N-dealkylation sites (tertiary alicyclic amines) is 1. The predicted octanol–water partition coefficient (Wildman–Crippen LogP) is 2.21. The lowest BCUT2D eigenvalue weighted by molar-refractivity contribution is -0.134. The van der Waals surface area contributed by atoms with Crippen LogP contribution in [-0.2, 0) is 9.59 Å². The molecule has 0 unspecified atom stereocenters. The largest absolute Gasteiger partial charge is 0.474 e. The molecular weight excluding hydrogens is 306 g/mol. The molecule has 3 aliphatic rings. The molecular formula is C18H23N3O3. The van der Waals surface area contributed by atoms with Gasteiger partial charge in [0, 0.05) is 43.8 Å². The van der Waals surface area contributed by atoms with Gasteiger partial charge in [0.15, 0.2) is 0 Å². The second-order valence-electron chi connectivity index (χ2n) is 7.07. The molecule has 6 nitrogen and oxygen atoms in total. The van der Waals surface area contributed by atoms with Crippen LogP contribution in [-0.4, -0.2) is 40.9 Å². The number of anilines is 1. The van der Waals surface area contributed by atoms with Crippen LogP contribution in [0.1, 0.15) is 38.5 Å². The average molecular weight is 329 g/mol. The Morgan fingerprint density at radius 2 is 1.75 bits per heavy atom. The molecule has 1 aromatic rings. The third-order valence-corrected chi connectivity index (χ3v) is 4.92. The van der Waals surface area contributed by atoms with Crippen LogP contribution in [0.4, 0.5) is 5.69 Å². The van der Waals surface area contributed by atoms with Gasteiger partial charge in [0.1, 0.15) is 6.10 Å². The molecule has 2 heterocycles. The number of aromatic nitrogens is 1. The van der Waals surface area contributed by atoms with Crippen LogP contribution in [0.25, 0.3) is 0 Å². The third kappa shape index (κ3) is 3.68. The van der Waals surface area contributed by atoms with Crippen molar-refractivity contribution >= 4 is 17.5 Å². The van der Waals surface area contributed by atoms with E-state index in [1.165, 1.54) is 0 Å². The zero-order chi connectivity index (χ0) is 16.5. The highest BCUT2D eigenvalue weighted by Gasteiger charge is 2.35. The van der Waals surface area contributed by atoms with Gasteiger partial charge in [-0.15, -0.1) is 0 Å². The number of carbonyl (C=O) groups excluding carboxylic acids is 2. The first-order chi connectivity index (χ1) is 11.7. The number of carbonyl (C=O) groups is 2. The number of rotatable bonds is 5. The van der Waals surface area contributed by atoms with E-state index in [0.717, 1.165) is 51.6 Å². The molecule has 2 saturated carbocycles. The predicted molar refractivity (Wildman–Crippen MR) is 88.5 cm³/mol. The lowest BCUT2D eigenvalue weighted by Crippen LogP contribution is -2.42. The number of amides is 2. The van der Waals surface area contributed by atoms with Crippen LogP contribution >= 0.6 is 0 Å². The monoisotopic (exact) mass is 329 g/mol. The lowest BCUT2D eigenvalue weighted by Gasteiger charge is -2.32. The summed E-state index contributed by atoms with van der Waals surface area (Å²) in [5.41, 5.74) is 0.712. The SMILES string of the molecule is O=C(Nc1ccc(OC2CCN(C(=O)C3CC3)CC2)nc1)C1CC1. The summed E-state index contributed by atoms with van der Waals surface area (Å²) in [6, 6.07) is 3.62. The molecule has 128 valence electrons. The molecule has 0 aromatic carbocycles. The van der Waals surface area contributed by atoms with Gasteiger partial charge in [-0.1, -0.05) is 0 Å². The summed E-state index contributed by atoms with van der Waals surface area (Å²) in [7, 11) is 0. The van der Waals surface area contributed by atoms with E-state index in [9.17, 15) is 9.59 Å². The number of hydrogen-bond acceptors (Lipinski definition) is 4. The Balaban J connectivity index is 1.25. The fourth-order valence-corrected chi connectivity index (χ4v) is 3.07. The molecule has 0 spiro atoms. The molecule has 0 atom stereocenters. The van der Waals surface area contributed by atoms with Crippen LogP contribution in [0.15, 0.2) is 18.3 Å². The van der Waals surface area contributed by atoms with Gasteiger partial charge >= 0.3 is 0 Å². The van der Waals surface area contributed by atoms with Crippen molar-refractivity contribution in [1.29, 1.82) is 0 Å². The van der Waals surface area contributed by atoms with Crippen molar-refractivity contribution in [3.8, 4) is 5.88 Å². The van der Waals surface area contributed by atoms with Crippen molar-refractivity contribution in [2.45, 2.75) is 44.6 Å². The molecule has 3 fully saturated rings. The zero-order valence-electron chi connectivity index (χ0n) is 13.7. The molecule has 0 bridgehead atoms. The summed E-state index contributed by atoms with van der Waals surface area (Å²) < 4.78 is 5.92. The Labute approximate surface area is 141 Å². The highest BCUT2D eigenvalue weighted by atomic mass is 16.5. The third-order valence-electron chi connectivity index (χ3n) is 4.92. The van der Waals surface area contributed by atoms with Crippen molar-refractivity contribution in [1.82, 2.24) is 9.88 Å².